The van der Waals surface area contributed by atoms with E-state index in [0.717, 1.165) is 11.0 Å². The first-order valence-electron chi connectivity index (χ1n) is 8.54. The number of carbonyl (C=O) groups excluding carboxylic acids is 2. The number of amides is 1. The third kappa shape index (κ3) is 3.61. The van der Waals surface area contributed by atoms with E-state index in [2.05, 4.69) is 20.4 Å². The Labute approximate surface area is 159 Å². The summed E-state index contributed by atoms with van der Waals surface area (Å²) in [7, 11) is 0. The molecule has 0 aliphatic heterocycles. The summed E-state index contributed by atoms with van der Waals surface area (Å²) in [5.74, 6) is 0.245. The highest BCUT2D eigenvalue weighted by Crippen LogP contribution is 2.24. The zero-order valence-electron chi connectivity index (χ0n) is 14.9. The summed E-state index contributed by atoms with van der Waals surface area (Å²) in [5, 5.41) is 6.15. The molecular formula is C20H16N4O4. The molecule has 0 radical (unpaired) electrons. The fraction of sp³-hybridized carbons (Fsp3) is 0.100. The second-order valence-corrected chi connectivity index (χ2v) is 6.10. The lowest BCUT2D eigenvalue weighted by Gasteiger charge is -2.08. The minimum atomic E-state index is -0.623. The zero-order chi connectivity index (χ0) is 19.5. The number of nitrogens with zero attached hydrogens (tertiary/aromatic N) is 2. The Kier molecular flexibility index (Phi) is 4.59. The molecule has 0 atom stereocenters. The van der Waals surface area contributed by atoms with Crippen LogP contribution in [0.25, 0.3) is 22.4 Å². The molecule has 0 bridgehead atoms. The van der Waals surface area contributed by atoms with E-state index in [1.54, 1.807) is 37.3 Å². The number of aromatic amines is 1. The molecule has 28 heavy (non-hydrogen) atoms. The molecule has 8 heteroatoms. The first kappa shape index (κ1) is 17.5. The Morgan fingerprint density at radius 2 is 1.93 bits per heavy atom. The van der Waals surface area contributed by atoms with Crippen LogP contribution in [-0.4, -0.2) is 33.6 Å². The molecule has 0 aliphatic rings. The predicted molar refractivity (Wildman–Crippen MR) is 102 cm³/mol. The summed E-state index contributed by atoms with van der Waals surface area (Å²) in [5.41, 5.74) is 2.56. The van der Waals surface area contributed by atoms with Crippen LogP contribution in [0.1, 0.15) is 16.1 Å². The molecule has 0 saturated heterocycles. The number of esters is 1. The fourth-order valence-corrected chi connectivity index (χ4v) is 2.76. The minimum absolute atomic E-state index is 0.265. The maximum absolute atomic E-state index is 12.5. The van der Waals surface area contributed by atoms with Crippen LogP contribution < -0.4 is 5.32 Å². The number of nitrogens with one attached hydrogen (secondary N) is 2. The SMILES string of the molecule is Cc1cc(NC(=O)COC(=O)c2ccccc2-c2nc3ccccc3[nH]2)no1. The van der Waals surface area contributed by atoms with E-state index in [-0.39, 0.29) is 5.82 Å². The van der Waals surface area contributed by atoms with Crippen molar-refractivity contribution in [3.8, 4) is 11.4 Å². The Bertz CT molecular complexity index is 1130. The van der Waals surface area contributed by atoms with Crippen LogP contribution in [0.2, 0.25) is 0 Å². The number of H-pyrrole nitrogens is 1. The van der Waals surface area contributed by atoms with Gasteiger partial charge in [0.2, 0.25) is 0 Å². The van der Waals surface area contributed by atoms with Gasteiger partial charge in [-0.1, -0.05) is 35.5 Å². The van der Waals surface area contributed by atoms with Crippen molar-refractivity contribution in [2.24, 2.45) is 0 Å². The van der Waals surface area contributed by atoms with Gasteiger partial charge in [-0.05, 0) is 25.1 Å². The predicted octanol–water partition coefficient (Wildman–Crippen LogP) is 3.32. The zero-order valence-corrected chi connectivity index (χ0v) is 14.9. The molecule has 1 amide bonds. The van der Waals surface area contributed by atoms with Gasteiger partial charge in [-0.3, -0.25) is 4.79 Å². The lowest BCUT2D eigenvalue weighted by Crippen LogP contribution is -2.21. The molecule has 2 aromatic heterocycles. The van der Waals surface area contributed by atoms with Crippen LogP contribution in [0.4, 0.5) is 5.82 Å². The van der Waals surface area contributed by atoms with Crippen molar-refractivity contribution in [3.05, 3.63) is 65.9 Å². The van der Waals surface area contributed by atoms with Crippen molar-refractivity contribution >= 4 is 28.7 Å². The number of aryl methyl sites for hydroxylation is 1. The van der Waals surface area contributed by atoms with E-state index in [1.165, 1.54) is 0 Å². The van der Waals surface area contributed by atoms with Gasteiger partial charge >= 0.3 is 5.97 Å². The smallest absolute Gasteiger partial charge is 0.339 e. The third-order valence-electron chi connectivity index (χ3n) is 4.02. The van der Waals surface area contributed by atoms with Crippen LogP contribution in [0.3, 0.4) is 0 Å². The van der Waals surface area contributed by atoms with Crippen LogP contribution in [0.15, 0.2) is 59.1 Å². The molecular weight excluding hydrogens is 360 g/mol. The highest BCUT2D eigenvalue weighted by Gasteiger charge is 2.18. The molecule has 0 fully saturated rings. The fourth-order valence-electron chi connectivity index (χ4n) is 2.76. The molecule has 2 heterocycles. The first-order valence-corrected chi connectivity index (χ1v) is 8.54. The highest BCUT2D eigenvalue weighted by molar-refractivity contribution is 5.99. The standard InChI is InChI=1S/C20H16N4O4/c1-12-10-17(24-28-12)23-18(25)11-27-20(26)14-7-3-2-6-13(14)19-21-15-8-4-5-9-16(15)22-19/h2-10H,11H2,1H3,(H,21,22)(H,23,24,25). The largest absolute Gasteiger partial charge is 0.452 e. The Morgan fingerprint density at radius 1 is 1.14 bits per heavy atom. The maximum atomic E-state index is 12.5. The Balaban J connectivity index is 1.49. The highest BCUT2D eigenvalue weighted by atomic mass is 16.5. The van der Waals surface area contributed by atoms with E-state index in [4.69, 9.17) is 9.26 Å². The number of fused-ring (bicyclic) bond motifs is 1. The van der Waals surface area contributed by atoms with Crippen molar-refractivity contribution in [1.29, 1.82) is 0 Å². The number of aromatic nitrogens is 3. The molecule has 0 aliphatic carbocycles. The molecule has 2 aromatic carbocycles. The van der Waals surface area contributed by atoms with Gasteiger partial charge in [0.05, 0.1) is 16.6 Å². The molecule has 8 nitrogen and oxygen atoms in total. The number of hydrogen-bond donors (Lipinski definition) is 2. The van der Waals surface area contributed by atoms with Crippen LogP contribution in [0, 0.1) is 6.92 Å². The second kappa shape index (κ2) is 7.36. The van der Waals surface area contributed by atoms with Crippen molar-refractivity contribution in [1.82, 2.24) is 15.1 Å². The van der Waals surface area contributed by atoms with Gasteiger partial charge in [0.15, 0.2) is 12.4 Å². The average molecular weight is 376 g/mol. The quantitative estimate of drug-likeness (QED) is 0.517. The lowest BCUT2D eigenvalue weighted by molar-refractivity contribution is -0.119. The monoisotopic (exact) mass is 376 g/mol. The number of ether oxygens (including phenoxy) is 1. The average Bonchev–Trinajstić information content (AvgIpc) is 3.32. The van der Waals surface area contributed by atoms with E-state index >= 15 is 0 Å². The first-order chi connectivity index (χ1) is 13.6. The minimum Gasteiger partial charge on any atom is -0.452 e. The Morgan fingerprint density at radius 3 is 2.71 bits per heavy atom. The van der Waals surface area contributed by atoms with Gasteiger partial charge in [-0.15, -0.1) is 0 Å². The maximum Gasteiger partial charge on any atom is 0.339 e. The number of hydrogen-bond acceptors (Lipinski definition) is 6. The summed E-state index contributed by atoms with van der Waals surface area (Å²) < 4.78 is 10.0. The molecule has 0 unspecified atom stereocenters. The van der Waals surface area contributed by atoms with E-state index in [0.29, 0.717) is 22.7 Å². The van der Waals surface area contributed by atoms with Crippen molar-refractivity contribution in [2.75, 3.05) is 11.9 Å². The van der Waals surface area contributed by atoms with Gasteiger partial charge in [0.1, 0.15) is 11.6 Å². The third-order valence-corrected chi connectivity index (χ3v) is 4.02. The summed E-state index contributed by atoms with van der Waals surface area (Å²) in [6, 6.07) is 16.1. The number of para-hydroxylation sites is 2. The van der Waals surface area contributed by atoms with E-state index in [9.17, 15) is 9.59 Å². The van der Waals surface area contributed by atoms with Gasteiger partial charge in [0, 0.05) is 11.6 Å². The van der Waals surface area contributed by atoms with E-state index < -0.39 is 18.5 Å². The Hall–Kier alpha value is -3.94. The summed E-state index contributed by atoms with van der Waals surface area (Å²) in [4.78, 5) is 32.2. The van der Waals surface area contributed by atoms with Gasteiger partial charge < -0.3 is 19.6 Å². The summed E-state index contributed by atoms with van der Waals surface area (Å²) in [6.07, 6.45) is 0. The lowest BCUT2D eigenvalue weighted by atomic mass is 10.1. The van der Waals surface area contributed by atoms with Gasteiger partial charge in [0.25, 0.3) is 5.91 Å². The molecule has 2 N–H and O–H groups in total. The van der Waals surface area contributed by atoms with Crippen molar-refractivity contribution in [3.63, 3.8) is 0 Å². The summed E-state index contributed by atoms with van der Waals surface area (Å²) >= 11 is 0. The van der Waals surface area contributed by atoms with Gasteiger partial charge in [-0.2, -0.15) is 0 Å². The van der Waals surface area contributed by atoms with E-state index in [1.807, 2.05) is 24.3 Å². The number of rotatable bonds is 5. The van der Waals surface area contributed by atoms with Crippen LogP contribution >= 0.6 is 0 Å². The van der Waals surface area contributed by atoms with Gasteiger partial charge in [-0.25, -0.2) is 9.78 Å². The number of carbonyl (C=O) groups is 2. The van der Waals surface area contributed by atoms with Crippen LogP contribution in [0.5, 0.6) is 0 Å². The van der Waals surface area contributed by atoms with Crippen LogP contribution in [-0.2, 0) is 9.53 Å². The number of benzene rings is 2. The summed E-state index contributed by atoms with van der Waals surface area (Å²) in [6.45, 7) is 1.26. The molecule has 4 aromatic rings. The molecule has 0 saturated carbocycles. The second-order valence-electron chi connectivity index (χ2n) is 6.10. The number of imidazole rings is 1. The molecule has 4 rings (SSSR count). The normalized spacial score (nSPS) is 10.8. The van der Waals surface area contributed by atoms with Crippen molar-refractivity contribution < 1.29 is 18.8 Å². The van der Waals surface area contributed by atoms with Crippen molar-refractivity contribution in [2.45, 2.75) is 6.92 Å². The molecule has 0 spiro atoms. The topological polar surface area (TPSA) is 110 Å². The molecule has 140 valence electrons. The number of anilines is 1.